The second-order valence-corrected chi connectivity index (χ2v) is 5.30. The third-order valence-electron chi connectivity index (χ3n) is 4.01. The van der Waals surface area contributed by atoms with Gasteiger partial charge in [-0.1, -0.05) is 6.92 Å². The fourth-order valence-electron chi connectivity index (χ4n) is 3.15. The van der Waals surface area contributed by atoms with Crippen LogP contribution in [-0.4, -0.2) is 48.8 Å². The SMILES string of the molecule is CCNC1(C#N)CCC(N2CCOC(C)C2)C1. The first-order chi connectivity index (χ1) is 8.19. The quantitative estimate of drug-likeness (QED) is 0.799. The van der Waals surface area contributed by atoms with Crippen molar-refractivity contribution in [2.24, 2.45) is 0 Å². The number of ether oxygens (including phenoxy) is 1. The zero-order valence-electron chi connectivity index (χ0n) is 10.9. The summed E-state index contributed by atoms with van der Waals surface area (Å²) in [4.78, 5) is 2.50. The average Bonchev–Trinajstić information content (AvgIpc) is 2.75. The third kappa shape index (κ3) is 2.79. The summed E-state index contributed by atoms with van der Waals surface area (Å²) in [6, 6.07) is 3.05. The normalized spacial score (nSPS) is 39.1. The highest BCUT2D eigenvalue weighted by atomic mass is 16.5. The molecule has 1 aliphatic heterocycles. The van der Waals surface area contributed by atoms with Crippen molar-refractivity contribution in [2.45, 2.75) is 50.8 Å². The molecular weight excluding hydrogens is 214 g/mol. The molecule has 3 unspecified atom stereocenters. The molecule has 0 aromatic carbocycles. The number of nitriles is 1. The molecule has 0 spiro atoms. The van der Waals surface area contributed by atoms with Crippen molar-refractivity contribution in [1.29, 1.82) is 5.26 Å². The molecule has 1 N–H and O–H groups in total. The predicted octanol–water partition coefficient (Wildman–Crippen LogP) is 1.13. The lowest BCUT2D eigenvalue weighted by Crippen LogP contribution is -2.48. The Morgan fingerprint density at radius 3 is 3.06 bits per heavy atom. The largest absolute Gasteiger partial charge is 0.376 e. The number of morpholine rings is 1. The van der Waals surface area contributed by atoms with Crippen molar-refractivity contribution in [3.63, 3.8) is 0 Å². The van der Waals surface area contributed by atoms with E-state index in [-0.39, 0.29) is 5.54 Å². The molecule has 1 saturated heterocycles. The Balaban J connectivity index is 1.94. The van der Waals surface area contributed by atoms with Gasteiger partial charge in [-0.15, -0.1) is 0 Å². The van der Waals surface area contributed by atoms with Crippen LogP contribution in [0, 0.1) is 11.3 Å². The molecule has 2 fully saturated rings. The van der Waals surface area contributed by atoms with Gasteiger partial charge in [-0.05, 0) is 32.7 Å². The Bertz CT molecular complexity index is 302. The summed E-state index contributed by atoms with van der Waals surface area (Å²) in [5, 5.41) is 12.7. The molecule has 1 saturated carbocycles. The first-order valence-electron chi connectivity index (χ1n) is 6.71. The zero-order chi connectivity index (χ0) is 12.3. The first-order valence-corrected chi connectivity index (χ1v) is 6.71. The van der Waals surface area contributed by atoms with E-state index in [2.05, 4.69) is 30.1 Å². The van der Waals surface area contributed by atoms with Crippen LogP contribution in [0.3, 0.4) is 0 Å². The topological polar surface area (TPSA) is 48.3 Å². The van der Waals surface area contributed by atoms with Crippen LogP contribution < -0.4 is 5.32 Å². The van der Waals surface area contributed by atoms with E-state index in [1.54, 1.807) is 0 Å². The Hall–Kier alpha value is -0.630. The van der Waals surface area contributed by atoms with E-state index in [1.165, 1.54) is 0 Å². The summed E-state index contributed by atoms with van der Waals surface area (Å²) in [7, 11) is 0. The van der Waals surface area contributed by atoms with Gasteiger partial charge in [0.1, 0.15) is 5.54 Å². The standard InChI is InChI=1S/C13H23N3O/c1-3-15-13(10-14)5-4-12(8-13)16-6-7-17-11(2)9-16/h11-12,15H,3-9H2,1-2H3. The van der Waals surface area contributed by atoms with Gasteiger partial charge in [0.2, 0.25) is 0 Å². The lowest BCUT2D eigenvalue weighted by molar-refractivity contribution is -0.0336. The first kappa shape index (κ1) is 12.8. The summed E-state index contributed by atoms with van der Waals surface area (Å²) >= 11 is 0. The summed E-state index contributed by atoms with van der Waals surface area (Å²) in [6.07, 6.45) is 3.41. The number of hydrogen-bond donors (Lipinski definition) is 1. The molecule has 4 heteroatoms. The van der Waals surface area contributed by atoms with Crippen LogP contribution in [0.5, 0.6) is 0 Å². The highest BCUT2D eigenvalue weighted by molar-refractivity contribution is 5.13. The lowest BCUT2D eigenvalue weighted by Gasteiger charge is -2.36. The van der Waals surface area contributed by atoms with Gasteiger partial charge in [-0.25, -0.2) is 0 Å². The smallest absolute Gasteiger partial charge is 0.108 e. The molecule has 2 aliphatic rings. The van der Waals surface area contributed by atoms with Gasteiger partial charge in [0.15, 0.2) is 0 Å². The maximum atomic E-state index is 9.36. The summed E-state index contributed by atoms with van der Waals surface area (Å²) in [5.74, 6) is 0. The molecule has 0 radical (unpaired) electrons. The highest BCUT2D eigenvalue weighted by Gasteiger charge is 2.41. The molecule has 0 aromatic heterocycles. The Morgan fingerprint density at radius 2 is 2.41 bits per heavy atom. The fraction of sp³-hybridized carbons (Fsp3) is 0.923. The van der Waals surface area contributed by atoms with E-state index in [0.29, 0.717) is 12.1 Å². The van der Waals surface area contributed by atoms with Gasteiger partial charge in [0.05, 0.1) is 18.8 Å². The molecule has 2 rings (SSSR count). The number of hydrogen-bond acceptors (Lipinski definition) is 4. The molecule has 4 nitrogen and oxygen atoms in total. The highest BCUT2D eigenvalue weighted by Crippen LogP contribution is 2.33. The minimum atomic E-state index is -0.277. The maximum Gasteiger partial charge on any atom is 0.108 e. The second kappa shape index (κ2) is 5.34. The van der Waals surface area contributed by atoms with Crippen molar-refractivity contribution in [3.8, 4) is 6.07 Å². The summed E-state index contributed by atoms with van der Waals surface area (Å²) in [5.41, 5.74) is -0.277. The lowest BCUT2D eigenvalue weighted by atomic mass is 9.99. The van der Waals surface area contributed by atoms with Crippen LogP contribution in [0.4, 0.5) is 0 Å². The average molecular weight is 237 g/mol. The van der Waals surface area contributed by atoms with Gasteiger partial charge in [0, 0.05) is 19.1 Å². The molecule has 1 aliphatic carbocycles. The van der Waals surface area contributed by atoms with Gasteiger partial charge in [-0.3, -0.25) is 10.2 Å². The monoisotopic (exact) mass is 237 g/mol. The minimum absolute atomic E-state index is 0.277. The fourth-order valence-corrected chi connectivity index (χ4v) is 3.15. The van der Waals surface area contributed by atoms with Crippen molar-refractivity contribution in [3.05, 3.63) is 0 Å². The Kier molecular flexibility index (Phi) is 4.03. The van der Waals surface area contributed by atoms with Crippen molar-refractivity contribution < 1.29 is 4.74 Å². The summed E-state index contributed by atoms with van der Waals surface area (Å²) in [6.45, 7) is 7.94. The molecule has 0 amide bonds. The Labute approximate surface area is 104 Å². The van der Waals surface area contributed by atoms with Gasteiger partial charge in [0.25, 0.3) is 0 Å². The number of nitrogens with zero attached hydrogens (tertiary/aromatic N) is 2. The van der Waals surface area contributed by atoms with Crippen LogP contribution in [-0.2, 0) is 4.74 Å². The van der Waals surface area contributed by atoms with Gasteiger partial charge >= 0.3 is 0 Å². The second-order valence-electron chi connectivity index (χ2n) is 5.30. The molecular formula is C13H23N3O. The third-order valence-corrected chi connectivity index (χ3v) is 4.01. The summed E-state index contributed by atoms with van der Waals surface area (Å²) < 4.78 is 5.57. The molecule has 3 atom stereocenters. The number of rotatable bonds is 3. The van der Waals surface area contributed by atoms with E-state index in [4.69, 9.17) is 4.74 Å². The van der Waals surface area contributed by atoms with Crippen LogP contribution >= 0.6 is 0 Å². The van der Waals surface area contributed by atoms with E-state index < -0.39 is 0 Å². The van der Waals surface area contributed by atoms with E-state index in [0.717, 1.165) is 45.5 Å². The molecule has 17 heavy (non-hydrogen) atoms. The van der Waals surface area contributed by atoms with E-state index in [9.17, 15) is 5.26 Å². The predicted molar refractivity (Wildman–Crippen MR) is 66.6 cm³/mol. The zero-order valence-corrected chi connectivity index (χ0v) is 10.9. The van der Waals surface area contributed by atoms with Crippen LogP contribution in [0.2, 0.25) is 0 Å². The maximum absolute atomic E-state index is 9.36. The minimum Gasteiger partial charge on any atom is -0.376 e. The van der Waals surface area contributed by atoms with Crippen molar-refractivity contribution in [1.82, 2.24) is 10.2 Å². The number of nitrogens with one attached hydrogen (secondary N) is 1. The van der Waals surface area contributed by atoms with Crippen molar-refractivity contribution >= 4 is 0 Å². The van der Waals surface area contributed by atoms with Gasteiger partial charge in [-0.2, -0.15) is 5.26 Å². The molecule has 1 heterocycles. The van der Waals surface area contributed by atoms with Gasteiger partial charge < -0.3 is 4.74 Å². The van der Waals surface area contributed by atoms with Crippen LogP contribution in [0.25, 0.3) is 0 Å². The Morgan fingerprint density at radius 1 is 1.59 bits per heavy atom. The molecule has 96 valence electrons. The van der Waals surface area contributed by atoms with Crippen molar-refractivity contribution in [2.75, 3.05) is 26.2 Å². The van der Waals surface area contributed by atoms with E-state index >= 15 is 0 Å². The molecule has 0 bridgehead atoms. The molecule has 0 aromatic rings. The van der Waals surface area contributed by atoms with Crippen LogP contribution in [0.15, 0.2) is 0 Å². The van der Waals surface area contributed by atoms with Crippen LogP contribution in [0.1, 0.15) is 33.1 Å². The van der Waals surface area contributed by atoms with E-state index in [1.807, 2.05) is 0 Å².